The number of hydrogen-bond acceptors (Lipinski definition) is 3. The van der Waals surface area contributed by atoms with Crippen molar-refractivity contribution in [3.05, 3.63) is 24.0 Å². The molecule has 1 aromatic rings. The summed E-state index contributed by atoms with van der Waals surface area (Å²) in [6.07, 6.45) is 0.0164. The van der Waals surface area contributed by atoms with Crippen LogP contribution in [0.4, 0.5) is 15.8 Å². The van der Waals surface area contributed by atoms with E-state index in [4.69, 9.17) is 10.8 Å². The maximum atomic E-state index is 13.1. The molecule has 4 nitrogen and oxygen atoms in total. The summed E-state index contributed by atoms with van der Waals surface area (Å²) in [6, 6.07) is 4.40. The highest BCUT2D eigenvalue weighted by atomic mass is 19.1. The van der Waals surface area contributed by atoms with E-state index in [0.717, 1.165) is 0 Å². The zero-order valence-corrected chi connectivity index (χ0v) is 8.40. The molecule has 0 amide bonds. The Bertz CT molecular complexity index is 368. The fraction of sp³-hybridized carbons (Fsp3) is 0.300. The van der Waals surface area contributed by atoms with E-state index in [1.807, 2.05) is 0 Å². The van der Waals surface area contributed by atoms with Crippen LogP contribution in [0.5, 0.6) is 0 Å². The molecule has 0 aliphatic rings. The van der Waals surface area contributed by atoms with Gasteiger partial charge < -0.3 is 15.7 Å². The first kappa shape index (κ1) is 11.3. The summed E-state index contributed by atoms with van der Waals surface area (Å²) in [5.74, 6) is -1.37. The Labute approximate surface area is 87.1 Å². The molecule has 0 atom stereocenters. The number of nitrogens with two attached hydrogens (primary N) is 1. The van der Waals surface area contributed by atoms with E-state index >= 15 is 0 Å². The molecule has 0 spiro atoms. The Kier molecular flexibility index (Phi) is 3.49. The highest BCUT2D eigenvalue weighted by Gasteiger charge is 2.06. The average Bonchev–Trinajstić information content (AvgIpc) is 2.18. The second-order valence-electron chi connectivity index (χ2n) is 3.27. The molecular formula is C10H13FN2O2. The third-order valence-corrected chi connectivity index (χ3v) is 2.09. The van der Waals surface area contributed by atoms with Crippen LogP contribution in [-0.2, 0) is 4.79 Å². The van der Waals surface area contributed by atoms with Crippen LogP contribution in [0.2, 0.25) is 0 Å². The number of anilines is 2. The maximum absolute atomic E-state index is 13.1. The Balaban J connectivity index is 2.69. The van der Waals surface area contributed by atoms with Gasteiger partial charge in [0.05, 0.1) is 12.1 Å². The number of aliphatic carboxylic acids is 1. The van der Waals surface area contributed by atoms with Gasteiger partial charge >= 0.3 is 5.97 Å². The minimum Gasteiger partial charge on any atom is -0.481 e. The minimum absolute atomic E-state index is 0.0164. The lowest BCUT2D eigenvalue weighted by Gasteiger charge is -2.18. The molecule has 0 saturated carbocycles. The SMILES string of the molecule is CN(CCC(=O)O)c1ccc(N)c(F)c1. The summed E-state index contributed by atoms with van der Waals surface area (Å²) < 4.78 is 13.1. The van der Waals surface area contributed by atoms with Crippen LogP contribution in [-0.4, -0.2) is 24.7 Å². The van der Waals surface area contributed by atoms with E-state index < -0.39 is 11.8 Å². The number of nitrogens with zero attached hydrogens (tertiary/aromatic N) is 1. The monoisotopic (exact) mass is 212 g/mol. The van der Waals surface area contributed by atoms with Gasteiger partial charge in [-0.15, -0.1) is 0 Å². The summed E-state index contributed by atoms with van der Waals surface area (Å²) >= 11 is 0. The molecule has 0 aliphatic heterocycles. The average molecular weight is 212 g/mol. The largest absolute Gasteiger partial charge is 0.481 e. The lowest BCUT2D eigenvalue weighted by atomic mass is 10.2. The van der Waals surface area contributed by atoms with Crippen molar-refractivity contribution in [1.29, 1.82) is 0 Å². The topological polar surface area (TPSA) is 66.6 Å². The number of carboxylic acid groups (broad SMARTS) is 1. The van der Waals surface area contributed by atoms with Crippen molar-refractivity contribution in [1.82, 2.24) is 0 Å². The Morgan fingerprint density at radius 2 is 2.27 bits per heavy atom. The van der Waals surface area contributed by atoms with Crippen molar-refractivity contribution < 1.29 is 14.3 Å². The van der Waals surface area contributed by atoms with Gasteiger partial charge in [-0.3, -0.25) is 4.79 Å². The first-order valence-electron chi connectivity index (χ1n) is 4.48. The fourth-order valence-corrected chi connectivity index (χ4v) is 1.15. The van der Waals surface area contributed by atoms with E-state index in [0.29, 0.717) is 12.2 Å². The zero-order valence-electron chi connectivity index (χ0n) is 8.40. The third kappa shape index (κ3) is 3.12. The summed E-state index contributed by atoms with van der Waals surface area (Å²) in [7, 11) is 1.70. The summed E-state index contributed by atoms with van der Waals surface area (Å²) in [4.78, 5) is 12.0. The van der Waals surface area contributed by atoms with Crippen LogP contribution in [0.25, 0.3) is 0 Å². The Morgan fingerprint density at radius 3 is 2.80 bits per heavy atom. The molecule has 0 fully saturated rings. The highest BCUT2D eigenvalue weighted by Crippen LogP contribution is 2.18. The molecule has 0 aromatic heterocycles. The van der Waals surface area contributed by atoms with Crippen molar-refractivity contribution in [2.45, 2.75) is 6.42 Å². The predicted molar refractivity (Wildman–Crippen MR) is 56.3 cm³/mol. The number of carbonyl (C=O) groups is 1. The molecule has 1 aromatic carbocycles. The minimum atomic E-state index is -0.877. The van der Waals surface area contributed by atoms with Crippen LogP contribution >= 0.6 is 0 Å². The first-order valence-corrected chi connectivity index (χ1v) is 4.48. The van der Waals surface area contributed by atoms with E-state index in [-0.39, 0.29) is 12.1 Å². The van der Waals surface area contributed by atoms with Gasteiger partial charge in [-0.25, -0.2) is 4.39 Å². The molecule has 0 radical (unpaired) electrons. The molecule has 0 saturated heterocycles. The lowest BCUT2D eigenvalue weighted by molar-refractivity contribution is -0.136. The number of benzene rings is 1. The number of nitrogen functional groups attached to an aromatic ring is 1. The number of hydrogen-bond donors (Lipinski definition) is 2. The summed E-state index contributed by atoms with van der Waals surface area (Å²) in [5, 5.41) is 8.49. The molecular weight excluding hydrogens is 199 g/mol. The fourth-order valence-electron chi connectivity index (χ4n) is 1.15. The van der Waals surface area contributed by atoms with Crippen molar-refractivity contribution in [2.75, 3.05) is 24.2 Å². The van der Waals surface area contributed by atoms with Gasteiger partial charge in [-0.05, 0) is 18.2 Å². The van der Waals surface area contributed by atoms with Crippen LogP contribution < -0.4 is 10.6 Å². The molecule has 0 unspecified atom stereocenters. The first-order chi connectivity index (χ1) is 7.00. The van der Waals surface area contributed by atoms with Crippen molar-refractivity contribution in [3.63, 3.8) is 0 Å². The smallest absolute Gasteiger partial charge is 0.305 e. The van der Waals surface area contributed by atoms with Gasteiger partial charge in [-0.2, -0.15) is 0 Å². The van der Waals surface area contributed by atoms with Gasteiger partial charge in [0, 0.05) is 19.3 Å². The summed E-state index contributed by atoms with van der Waals surface area (Å²) in [5.41, 5.74) is 6.03. The molecule has 5 heteroatoms. The van der Waals surface area contributed by atoms with Crippen molar-refractivity contribution >= 4 is 17.3 Å². The second kappa shape index (κ2) is 4.63. The van der Waals surface area contributed by atoms with Gasteiger partial charge in [0.1, 0.15) is 5.82 Å². The second-order valence-corrected chi connectivity index (χ2v) is 3.27. The van der Waals surface area contributed by atoms with Crippen LogP contribution in [0.3, 0.4) is 0 Å². The van der Waals surface area contributed by atoms with E-state index in [1.165, 1.54) is 12.1 Å². The van der Waals surface area contributed by atoms with E-state index in [2.05, 4.69) is 0 Å². The molecule has 0 heterocycles. The molecule has 1 rings (SSSR count). The highest BCUT2D eigenvalue weighted by molar-refractivity contribution is 5.67. The third-order valence-electron chi connectivity index (χ3n) is 2.09. The normalized spacial score (nSPS) is 10.0. The van der Waals surface area contributed by atoms with Crippen molar-refractivity contribution in [2.24, 2.45) is 0 Å². The van der Waals surface area contributed by atoms with Gasteiger partial charge in [-0.1, -0.05) is 0 Å². The Hall–Kier alpha value is -1.78. The standard InChI is InChI=1S/C10H13FN2O2/c1-13(5-4-10(14)15)7-2-3-9(12)8(11)6-7/h2-3,6H,4-5,12H2,1H3,(H,14,15). The van der Waals surface area contributed by atoms with Crippen LogP contribution in [0.1, 0.15) is 6.42 Å². The van der Waals surface area contributed by atoms with E-state index in [1.54, 1.807) is 18.0 Å². The molecule has 0 bridgehead atoms. The number of carboxylic acids is 1. The van der Waals surface area contributed by atoms with Gasteiger partial charge in [0.15, 0.2) is 0 Å². The number of halogens is 1. The molecule has 82 valence electrons. The molecule has 15 heavy (non-hydrogen) atoms. The Morgan fingerprint density at radius 1 is 1.60 bits per heavy atom. The predicted octanol–water partition coefficient (Wildman–Crippen LogP) is 1.32. The summed E-state index contributed by atoms with van der Waals surface area (Å²) in [6.45, 7) is 0.332. The molecule has 3 N–H and O–H groups in total. The van der Waals surface area contributed by atoms with Crippen molar-refractivity contribution in [3.8, 4) is 0 Å². The lowest BCUT2D eigenvalue weighted by Crippen LogP contribution is -2.21. The quantitative estimate of drug-likeness (QED) is 0.739. The van der Waals surface area contributed by atoms with Crippen LogP contribution in [0.15, 0.2) is 18.2 Å². The maximum Gasteiger partial charge on any atom is 0.305 e. The van der Waals surface area contributed by atoms with Crippen LogP contribution in [0, 0.1) is 5.82 Å². The van der Waals surface area contributed by atoms with E-state index in [9.17, 15) is 9.18 Å². The van der Waals surface area contributed by atoms with Gasteiger partial charge in [0.25, 0.3) is 0 Å². The number of rotatable bonds is 4. The zero-order chi connectivity index (χ0) is 11.4. The van der Waals surface area contributed by atoms with Gasteiger partial charge in [0.2, 0.25) is 0 Å². The molecule has 0 aliphatic carbocycles.